The van der Waals surface area contributed by atoms with Crippen molar-refractivity contribution in [2.45, 2.75) is 142 Å². The van der Waals surface area contributed by atoms with Gasteiger partial charge in [-0.15, -0.1) is 0 Å². The topological polar surface area (TPSA) is 162 Å². The van der Waals surface area contributed by atoms with Gasteiger partial charge in [-0.2, -0.15) is 0 Å². The summed E-state index contributed by atoms with van der Waals surface area (Å²) in [5.74, 6) is 1.05. The highest BCUT2D eigenvalue weighted by atomic mass is 16.5. The van der Waals surface area contributed by atoms with Gasteiger partial charge in [0.15, 0.2) is 11.6 Å². The van der Waals surface area contributed by atoms with E-state index in [0.29, 0.717) is 29.9 Å². The number of aliphatic hydroxyl groups excluding tert-OH is 3. The Morgan fingerprint density at radius 3 is 1.85 bits per heavy atom. The van der Waals surface area contributed by atoms with Crippen molar-refractivity contribution in [2.75, 3.05) is 71.5 Å². The van der Waals surface area contributed by atoms with Gasteiger partial charge in [-0.25, -0.2) is 4.98 Å². The van der Waals surface area contributed by atoms with Crippen LogP contribution in [0.1, 0.15) is 134 Å². The van der Waals surface area contributed by atoms with E-state index in [1.54, 1.807) is 0 Å². The van der Waals surface area contributed by atoms with Crippen molar-refractivity contribution in [3.63, 3.8) is 0 Å². The van der Waals surface area contributed by atoms with Gasteiger partial charge in [0.25, 0.3) is 0 Å². The second-order valence-corrected chi connectivity index (χ2v) is 19.6. The van der Waals surface area contributed by atoms with Crippen LogP contribution in [0.4, 0.5) is 11.5 Å². The quantitative estimate of drug-likeness (QED) is 0.0895. The van der Waals surface area contributed by atoms with E-state index in [2.05, 4.69) is 107 Å². The monoisotopic (exact) mass is 842 g/mol. The molecule has 1 aromatic heterocycles. The molecular formula is C49H87N5O6. The molecule has 2 heterocycles. The molecule has 5 N–H and O–H groups in total. The molecule has 0 saturated carbocycles. The van der Waals surface area contributed by atoms with Gasteiger partial charge in [0, 0.05) is 54.8 Å². The minimum atomic E-state index is -0.264. The van der Waals surface area contributed by atoms with E-state index >= 15 is 0 Å². The summed E-state index contributed by atoms with van der Waals surface area (Å²) in [7, 11) is 0. The Labute approximate surface area is 365 Å². The van der Waals surface area contributed by atoms with Crippen molar-refractivity contribution >= 4 is 39.7 Å². The van der Waals surface area contributed by atoms with Gasteiger partial charge in [-0.1, -0.05) is 74.4 Å². The molecular weight excluding hydrogens is 755 g/mol. The number of fused-ring (bicyclic) bond motifs is 1. The SMILES string of the molecule is CC(=O)/C=C\C(C)=O.CC(C)C(C)(C)CC(C)(C)C.CCC(C)(CO)CO.CCOCC(C)=Nc1c(N)nc2cc(CCCN3CCN(C(C)(C)CO)CC3)ccc2c1C. The zero-order chi connectivity index (χ0) is 46.5. The number of allylic oxidation sites excluding steroid dienone is 2. The third-order valence-corrected chi connectivity index (χ3v) is 11.4. The van der Waals surface area contributed by atoms with Crippen LogP contribution >= 0.6 is 0 Å². The smallest absolute Gasteiger partial charge is 0.152 e. The largest absolute Gasteiger partial charge is 0.396 e. The molecule has 0 unspecified atom stereocenters. The number of aliphatic hydroxyl groups is 3. The Morgan fingerprint density at radius 1 is 0.900 bits per heavy atom. The number of carbonyl (C=O) groups is 2. The summed E-state index contributed by atoms with van der Waals surface area (Å²) in [6.45, 7) is 39.9. The van der Waals surface area contributed by atoms with Gasteiger partial charge in [0.05, 0.1) is 31.9 Å². The maximum absolute atomic E-state index is 10.1. The number of anilines is 1. The Bertz CT molecular complexity index is 1610. The minimum absolute atomic E-state index is 0.0694. The van der Waals surface area contributed by atoms with E-state index in [0.717, 1.165) is 85.8 Å². The summed E-state index contributed by atoms with van der Waals surface area (Å²) in [5, 5.41) is 27.9. The van der Waals surface area contributed by atoms with E-state index in [4.69, 9.17) is 20.7 Å². The molecule has 0 aliphatic carbocycles. The van der Waals surface area contributed by atoms with Crippen molar-refractivity contribution in [1.29, 1.82) is 0 Å². The molecule has 60 heavy (non-hydrogen) atoms. The average Bonchev–Trinajstić information content (AvgIpc) is 3.17. The molecule has 2 aromatic rings. The number of aryl methyl sites for hydroxylation is 2. The third-order valence-electron chi connectivity index (χ3n) is 11.4. The molecule has 0 amide bonds. The number of aliphatic imine (C=N–C) groups is 1. The molecule has 11 heteroatoms. The van der Waals surface area contributed by atoms with Crippen LogP contribution in [-0.2, 0) is 20.7 Å². The van der Waals surface area contributed by atoms with Gasteiger partial charge < -0.3 is 30.7 Å². The van der Waals surface area contributed by atoms with Crippen LogP contribution in [0.15, 0.2) is 35.3 Å². The lowest BCUT2D eigenvalue weighted by molar-refractivity contribution is -0.114. The summed E-state index contributed by atoms with van der Waals surface area (Å²) in [4.78, 5) is 34.5. The number of hydrogen-bond donors (Lipinski definition) is 4. The Kier molecular flexibility index (Phi) is 25.7. The number of hydrogen-bond acceptors (Lipinski definition) is 11. The van der Waals surface area contributed by atoms with Crippen molar-refractivity contribution < 1.29 is 29.6 Å². The molecule has 1 saturated heterocycles. The highest BCUT2D eigenvalue weighted by Crippen LogP contribution is 2.38. The number of pyridine rings is 1. The maximum atomic E-state index is 10.1. The molecule has 0 atom stereocenters. The summed E-state index contributed by atoms with van der Waals surface area (Å²) < 4.78 is 5.45. The van der Waals surface area contributed by atoms with Gasteiger partial charge in [-0.3, -0.25) is 19.5 Å². The number of carbonyl (C=O) groups excluding carboxylic acids is 2. The predicted molar refractivity (Wildman–Crippen MR) is 253 cm³/mol. The molecule has 0 spiro atoms. The molecule has 1 aromatic carbocycles. The molecule has 11 nitrogen and oxygen atoms in total. The number of ether oxygens (including phenoxy) is 1. The Balaban J connectivity index is 0.00000104. The minimum Gasteiger partial charge on any atom is -0.396 e. The van der Waals surface area contributed by atoms with Gasteiger partial charge in [0.1, 0.15) is 11.5 Å². The Morgan fingerprint density at radius 2 is 1.45 bits per heavy atom. The molecule has 3 rings (SSSR count). The number of nitrogens with zero attached hydrogens (tertiary/aromatic N) is 4. The molecule has 1 fully saturated rings. The summed E-state index contributed by atoms with van der Waals surface area (Å²) in [5.41, 5.74) is 11.8. The Hall–Kier alpha value is -3.06. The van der Waals surface area contributed by atoms with E-state index in [1.807, 2.05) is 27.7 Å². The first-order chi connectivity index (χ1) is 27.7. The van der Waals surface area contributed by atoms with Gasteiger partial charge >= 0.3 is 0 Å². The summed E-state index contributed by atoms with van der Waals surface area (Å²) in [6, 6.07) is 6.52. The number of aromatic nitrogens is 1. The highest BCUT2D eigenvalue weighted by molar-refractivity contribution is 5.96. The number of nitrogen functional groups attached to an aromatic ring is 1. The highest BCUT2D eigenvalue weighted by Gasteiger charge is 2.29. The average molecular weight is 842 g/mol. The fourth-order valence-corrected chi connectivity index (χ4v) is 6.52. The van der Waals surface area contributed by atoms with E-state index in [-0.39, 0.29) is 42.3 Å². The number of ketones is 2. The van der Waals surface area contributed by atoms with Gasteiger partial charge in [-0.05, 0) is 127 Å². The first-order valence-electron chi connectivity index (χ1n) is 22.0. The maximum Gasteiger partial charge on any atom is 0.152 e. The first-order valence-corrected chi connectivity index (χ1v) is 22.0. The van der Waals surface area contributed by atoms with Crippen LogP contribution in [0.5, 0.6) is 0 Å². The van der Waals surface area contributed by atoms with Crippen LogP contribution in [-0.4, -0.2) is 119 Å². The van der Waals surface area contributed by atoms with Crippen LogP contribution < -0.4 is 5.73 Å². The standard InChI is InChI=1S/C26H41N5O2.C11H24.C6H8O2.C6H14O2/c1-6-33-17-19(2)28-24-20(3)22-10-9-21(16-23(22)29-25(24)27)8-7-11-30-12-14-31(15-13-30)26(4,5)18-32;1-9(2)11(6,7)8-10(3,4)5;1-5(7)3-4-6(2)8;1-3-6(2,4-7)5-8/h9-10,16,32H,6-8,11-15,17-18H2,1-5H3,(H2,27,29);9H,8H2,1-7H3;3-4H,1-2H3;7-8H,3-5H2,1-2H3/b;;4-3-;. The lowest BCUT2D eigenvalue weighted by Gasteiger charge is -2.43. The van der Waals surface area contributed by atoms with Crippen molar-refractivity contribution in [2.24, 2.45) is 27.2 Å². The molecule has 1 aliphatic rings. The number of nitrogens with two attached hydrogens (primary N) is 1. The molecule has 344 valence electrons. The van der Waals surface area contributed by atoms with Gasteiger partial charge in [0.2, 0.25) is 0 Å². The van der Waals surface area contributed by atoms with Crippen molar-refractivity contribution in [3.8, 4) is 0 Å². The van der Waals surface area contributed by atoms with Crippen LogP contribution in [0, 0.1) is 29.1 Å². The summed E-state index contributed by atoms with van der Waals surface area (Å²) in [6.07, 6.45) is 6.76. The molecule has 0 radical (unpaired) electrons. The van der Waals surface area contributed by atoms with E-state index in [9.17, 15) is 14.7 Å². The van der Waals surface area contributed by atoms with E-state index < -0.39 is 0 Å². The normalized spacial score (nSPS) is 14.6. The summed E-state index contributed by atoms with van der Waals surface area (Å²) >= 11 is 0. The van der Waals surface area contributed by atoms with Crippen LogP contribution in [0.3, 0.4) is 0 Å². The zero-order valence-corrected chi connectivity index (χ0v) is 40.8. The zero-order valence-electron chi connectivity index (χ0n) is 40.8. The first kappa shape index (κ1) is 56.9. The molecule has 0 bridgehead atoms. The fourth-order valence-electron chi connectivity index (χ4n) is 6.52. The molecule has 1 aliphatic heterocycles. The van der Waals surface area contributed by atoms with Crippen LogP contribution in [0.2, 0.25) is 0 Å². The number of piperazine rings is 1. The number of benzene rings is 1. The van der Waals surface area contributed by atoms with E-state index in [1.165, 1.54) is 38.0 Å². The number of rotatable bonds is 17. The lowest BCUT2D eigenvalue weighted by atomic mass is 9.70. The van der Waals surface area contributed by atoms with Crippen LogP contribution in [0.25, 0.3) is 10.9 Å². The van der Waals surface area contributed by atoms with Crippen molar-refractivity contribution in [3.05, 3.63) is 41.5 Å². The second-order valence-electron chi connectivity index (χ2n) is 19.6. The third kappa shape index (κ3) is 22.2. The fraction of sp³-hybridized carbons (Fsp3) is 0.714. The van der Waals surface area contributed by atoms with Crippen molar-refractivity contribution in [1.82, 2.24) is 14.8 Å². The second kappa shape index (κ2) is 27.1. The lowest BCUT2D eigenvalue weighted by Crippen LogP contribution is -2.56. The predicted octanol–water partition coefficient (Wildman–Crippen LogP) is 8.79.